The van der Waals surface area contributed by atoms with E-state index >= 15 is 0 Å². The minimum absolute atomic E-state index is 0.0809. The molecule has 0 fully saturated rings. The van der Waals surface area contributed by atoms with Crippen molar-refractivity contribution in [3.8, 4) is 0 Å². The molecule has 0 amide bonds. The first-order valence-electron chi connectivity index (χ1n) is 6.68. The van der Waals surface area contributed by atoms with Gasteiger partial charge in [-0.25, -0.2) is 12.8 Å². The average molecular weight is 342 g/mol. The molecule has 0 saturated heterocycles. The van der Waals surface area contributed by atoms with Crippen LogP contribution in [0.5, 0.6) is 0 Å². The van der Waals surface area contributed by atoms with Crippen LogP contribution < -0.4 is 4.72 Å². The highest BCUT2D eigenvalue weighted by atomic mass is 35.5. The van der Waals surface area contributed by atoms with Crippen LogP contribution >= 0.6 is 11.6 Å². The van der Waals surface area contributed by atoms with E-state index in [1.165, 1.54) is 6.07 Å². The van der Waals surface area contributed by atoms with Crippen molar-refractivity contribution in [2.24, 2.45) is 0 Å². The Labute approximate surface area is 135 Å². The second-order valence-electron chi connectivity index (χ2n) is 5.98. The standard InChI is InChI=1S/C16H17ClFNO2S/c1-16(2,3)12-6-4-5-7-15(12)19-22(20,21)11-8-9-14(18)13(17)10-11/h4-10,19H,1-3H3. The van der Waals surface area contributed by atoms with Gasteiger partial charge in [-0.05, 0) is 35.2 Å². The summed E-state index contributed by atoms with van der Waals surface area (Å²) in [5.74, 6) is -0.657. The summed E-state index contributed by atoms with van der Waals surface area (Å²) in [7, 11) is -3.84. The number of benzene rings is 2. The van der Waals surface area contributed by atoms with E-state index < -0.39 is 15.8 Å². The summed E-state index contributed by atoms with van der Waals surface area (Å²) in [6.07, 6.45) is 0. The molecule has 0 aliphatic rings. The lowest BCUT2D eigenvalue weighted by atomic mass is 9.86. The van der Waals surface area contributed by atoms with Crippen LogP contribution in [-0.2, 0) is 15.4 Å². The van der Waals surface area contributed by atoms with Gasteiger partial charge in [0.1, 0.15) is 5.82 Å². The second-order valence-corrected chi connectivity index (χ2v) is 8.07. The van der Waals surface area contributed by atoms with Gasteiger partial charge in [0.25, 0.3) is 10.0 Å². The maximum absolute atomic E-state index is 13.2. The van der Waals surface area contributed by atoms with Gasteiger partial charge in [0.2, 0.25) is 0 Å². The van der Waals surface area contributed by atoms with Crippen molar-refractivity contribution in [3.05, 3.63) is 58.9 Å². The first-order chi connectivity index (χ1) is 10.1. The number of anilines is 1. The maximum Gasteiger partial charge on any atom is 0.261 e. The monoisotopic (exact) mass is 341 g/mol. The Kier molecular flexibility index (Phi) is 4.49. The molecule has 0 saturated carbocycles. The molecule has 0 aromatic heterocycles. The zero-order valence-corrected chi connectivity index (χ0v) is 14.1. The highest BCUT2D eigenvalue weighted by Crippen LogP contribution is 2.31. The van der Waals surface area contributed by atoms with Crippen molar-refractivity contribution in [2.75, 3.05) is 4.72 Å². The molecule has 0 bridgehead atoms. The predicted octanol–water partition coefficient (Wildman–Crippen LogP) is 4.58. The van der Waals surface area contributed by atoms with Crippen molar-refractivity contribution < 1.29 is 12.8 Å². The van der Waals surface area contributed by atoms with E-state index in [-0.39, 0.29) is 15.3 Å². The Bertz CT molecular complexity index is 798. The van der Waals surface area contributed by atoms with Gasteiger partial charge in [-0.1, -0.05) is 50.6 Å². The third-order valence-electron chi connectivity index (χ3n) is 3.18. The van der Waals surface area contributed by atoms with Gasteiger partial charge in [0.05, 0.1) is 15.6 Å². The van der Waals surface area contributed by atoms with Crippen molar-refractivity contribution in [1.29, 1.82) is 0 Å². The number of sulfonamides is 1. The summed E-state index contributed by atoms with van der Waals surface area (Å²) in [5.41, 5.74) is 1.14. The molecule has 0 spiro atoms. The Morgan fingerprint density at radius 1 is 1.09 bits per heavy atom. The summed E-state index contributed by atoms with van der Waals surface area (Å²) in [4.78, 5) is -0.0809. The molecule has 0 heterocycles. The normalized spacial score (nSPS) is 12.2. The van der Waals surface area contributed by atoms with Crippen LogP contribution in [0.2, 0.25) is 5.02 Å². The second kappa shape index (κ2) is 5.89. The minimum atomic E-state index is -3.84. The zero-order valence-electron chi connectivity index (χ0n) is 12.5. The molecule has 22 heavy (non-hydrogen) atoms. The van der Waals surface area contributed by atoms with Gasteiger partial charge in [-0.3, -0.25) is 4.72 Å². The van der Waals surface area contributed by atoms with Crippen molar-refractivity contribution in [2.45, 2.75) is 31.1 Å². The van der Waals surface area contributed by atoms with E-state index in [4.69, 9.17) is 11.6 Å². The lowest BCUT2D eigenvalue weighted by Gasteiger charge is -2.23. The quantitative estimate of drug-likeness (QED) is 0.888. The molecule has 6 heteroatoms. The van der Waals surface area contributed by atoms with E-state index in [9.17, 15) is 12.8 Å². The molecule has 0 radical (unpaired) electrons. The van der Waals surface area contributed by atoms with E-state index in [1.807, 2.05) is 32.9 Å². The Hall–Kier alpha value is -1.59. The topological polar surface area (TPSA) is 46.2 Å². The molecule has 3 nitrogen and oxygen atoms in total. The van der Waals surface area contributed by atoms with Crippen LogP contribution in [0, 0.1) is 5.82 Å². The summed E-state index contributed by atoms with van der Waals surface area (Å²) < 4.78 is 40.6. The largest absolute Gasteiger partial charge is 0.279 e. The summed E-state index contributed by atoms with van der Waals surface area (Å²) in [5, 5.41) is -0.230. The number of nitrogens with one attached hydrogen (secondary N) is 1. The molecule has 0 aliphatic heterocycles. The smallest absolute Gasteiger partial charge is 0.261 e. The fourth-order valence-corrected chi connectivity index (χ4v) is 3.42. The Morgan fingerprint density at radius 2 is 1.73 bits per heavy atom. The summed E-state index contributed by atoms with van der Waals surface area (Å²) >= 11 is 5.66. The van der Waals surface area contributed by atoms with E-state index in [0.717, 1.165) is 17.7 Å². The number of hydrogen-bond donors (Lipinski definition) is 1. The lowest BCUT2D eigenvalue weighted by Crippen LogP contribution is -2.19. The lowest BCUT2D eigenvalue weighted by molar-refractivity contribution is 0.590. The van der Waals surface area contributed by atoms with Crippen LogP contribution in [0.1, 0.15) is 26.3 Å². The van der Waals surface area contributed by atoms with Crippen LogP contribution in [0.3, 0.4) is 0 Å². The minimum Gasteiger partial charge on any atom is -0.279 e. The van der Waals surface area contributed by atoms with Crippen LogP contribution in [-0.4, -0.2) is 8.42 Å². The molecule has 0 aliphatic carbocycles. The Balaban J connectivity index is 2.44. The molecule has 0 unspecified atom stereocenters. The third-order valence-corrected chi connectivity index (χ3v) is 4.83. The van der Waals surface area contributed by atoms with Crippen molar-refractivity contribution in [3.63, 3.8) is 0 Å². The van der Waals surface area contributed by atoms with Gasteiger partial charge in [-0.15, -0.1) is 0 Å². The van der Waals surface area contributed by atoms with Crippen molar-refractivity contribution >= 4 is 27.3 Å². The van der Waals surface area contributed by atoms with Crippen LogP contribution in [0.4, 0.5) is 10.1 Å². The maximum atomic E-state index is 13.2. The van der Waals surface area contributed by atoms with E-state index in [0.29, 0.717) is 5.69 Å². The fraction of sp³-hybridized carbons (Fsp3) is 0.250. The molecule has 118 valence electrons. The molecule has 2 aromatic rings. The number of rotatable bonds is 3. The third kappa shape index (κ3) is 3.59. The number of hydrogen-bond acceptors (Lipinski definition) is 2. The number of para-hydroxylation sites is 1. The zero-order chi connectivity index (χ0) is 16.5. The summed E-state index contributed by atoms with van der Waals surface area (Å²) in [6.45, 7) is 5.98. The van der Waals surface area contributed by atoms with Crippen LogP contribution in [0.15, 0.2) is 47.4 Å². The molecular formula is C16H17ClFNO2S. The first kappa shape index (κ1) is 16.8. The fourth-order valence-electron chi connectivity index (χ4n) is 2.07. The SMILES string of the molecule is CC(C)(C)c1ccccc1NS(=O)(=O)c1ccc(F)c(Cl)c1. The van der Waals surface area contributed by atoms with Gasteiger partial charge in [-0.2, -0.15) is 0 Å². The van der Waals surface area contributed by atoms with Gasteiger partial charge >= 0.3 is 0 Å². The summed E-state index contributed by atoms with van der Waals surface area (Å²) in [6, 6.07) is 10.5. The Morgan fingerprint density at radius 3 is 2.32 bits per heavy atom. The van der Waals surface area contributed by atoms with Gasteiger partial charge < -0.3 is 0 Å². The first-order valence-corrected chi connectivity index (χ1v) is 8.55. The average Bonchev–Trinajstić information content (AvgIpc) is 2.40. The molecule has 2 aromatic carbocycles. The molecular weight excluding hydrogens is 325 g/mol. The van der Waals surface area contributed by atoms with E-state index in [2.05, 4.69) is 4.72 Å². The highest BCUT2D eigenvalue weighted by molar-refractivity contribution is 7.92. The van der Waals surface area contributed by atoms with E-state index in [1.54, 1.807) is 12.1 Å². The highest BCUT2D eigenvalue weighted by Gasteiger charge is 2.22. The van der Waals surface area contributed by atoms with Gasteiger partial charge in [0, 0.05) is 0 Å². The van der Waals surface area contributed by atoms with Crippen molar-refractivity contribution in [1.82, 2.24) is 0 Å². The van der Waals surface area contributed by atoms with Gasteiger partial charge in [0.15, 0.2) is 0 Å². The molecule has 2 rings (SSSR count). The number of halogens is 2. The molecule has 1 N–H and O–H groups in total. The molecule has 0 atom stereocenters. The van der Waals surface area contributed by atoms with Crippen LogP contribution in [0.25, 0.3) is 0 Å². The predicted molar refractivity (Wildman–Crippen MR) is 87.4 cm³/mol.